The molecule has 1 aromatic rings. The zero-order valence-corrected chi connectivity index (χ0v) is 22.3. The summed E-state index contributed by atoms with van der Waals surface area (Å²) in [4.78, 5) is 20.6. The molecule has 1 spiro atoms. The zero-order valence-electron chi connectivity index (χ0n) is 22.3. The minimum atomic E-state index is -0.336. The predicted octanol–water partition coefficient (Wildman–Crippen LogP) is 2.40. The Kier molecular flexibility index (Phi) is 6.35. The maximum Gasteiger partial charge on any atom is 0.410 e. The number of aromatic nitrogens is 4. The van der Waals surface area contributed by atoms with E-state index in [1.807, 2.05) is 0 Å². The average molecular weight is 515 g/mol. The molecule has 0 aromatic carbocycles. The highest BCUT2D eigenvalue weighted by atomic mass is 16.6. The molecule has 0 N–H and O–H groups in total. The number of methoxy groups -OCH3 is 1. The Labute approximate surface area is 217 Å². The average Bonchev–Trinajstić information content (AvgIpc) is 3.66. The fourth-order valence-corrected chi connectivity index (χ4v) is 6.34. The van der Waals surface area contributed by atoms with Crippen LogP contribution in [0.15, 0.2) is 16.6 Å². The lowest BCUT2D eigenvalue weighted by Gasteiger charge is -2.44. The van der Waals surface area contributed by atoms with Crippen LogP contribution >= 0.6 is 0 Å². The number of epoxide rings is 2. The third-order valence-electron chi connectivity index (χ3n) is 8.80. The second kappa shape index (κ2) is 9.43. The van der Waals surface area contributed by atoms with Crippen molar-refractivity contribution in [3.05, 3.63) is 17.5 Å². The van der Waals surface area contributed by atoms with Gasteiger partial charge in [-0.25, -0.2) is 4.79 Å². The molecule has 1 aliphatic carbocycles. The molecule has 11 nitrogen and oxygen atoms in total. The van der Waals surface area contributed by atoms with Crippen LogP contribution in [-0.2, 0) is 25.4 Å². The minimum Gasteiger partial charge on any atom is -0.443 e. The van der Waals surface area contributed by atoms with Crippen molar-refractivity contribution < 1.29 is 23.7 Å². The highest BCUT2D eigenvalue weighted by molar-refractivity contribution is 5.86. The van der Waals surface area contributed by atoms with Gasteiger partial charge in [0.1, 0.15) is 29.2 Å². The van der Waals surface area contributed by atoms with Crippen LogP contribution in [0, 0.1) is 11.8 Å². The van der Waals surface area contributed by atoms with E-state index in [0.29, 0.717) is 19.0 Å². The van der Waals surface area contributed by atoms with E-state index in [4.69, 9.17) is 18.9 Å². The van der Waals surface area contributed by atoms with Gasteiger partial charge in [-0.1, -0.05) is 11.6 Å². The van der Waals surface area contributed by atoms with E-state index in [0.717, 1.165) is 63.3 Å². The molecule has 6 atom stereocenters. The first-order valence-corrected chi connectivity index (χ1v) is 13.6. The van der Waals surface area contributed by atoms with Gasteiger partial charge in [0.15, 0.2) is 5.82 Å². The lowest BCUT2D eigenvalue weighted by Crippen LogP contribution is -2.57. The van der Waals surface area contributed by atoms with Gasteiger partial charge in [-0.2, -0.15) is 0 Å². The molecule has 11 heteroatoms. The topological polar surface area (TPSA) is 120 Å². The molecule has 5 aliphatic rings. The van der Waals surface area contributed by atoms with Crippen LogP contribution in [-0.4, -0.2) is 99.9 Å². The first-order valence-electron chi connectivity index (χ1n) is 13.6. The summed E-state index contributed by atoms with van der Waals surface area (Å²) < 4.78 is 24.3. The van der Waals surface area contributed by atoms with E-state index >= 15 is 0 Å². The highest BCUT2D eigenvalue weighted by Crippen LogP contribution is 2.59. The zero-order chi connectivity index (χ0) is 25.8. The molecule has 4 fully saturated rings. The first-order chi connectivity index (χ1) is 17.8. The number of allylic oxidation sites excluding steroid dienone is 1. The van der Waals surface area contributed by atoms with Gasteiger partial charge in [-0.05, 0) is 57.6 Å². The van der Waals surface area contributed by atoms with Crippen LogP contribution < -0.4 is 0 Å². The first kappa shape index (κ1) is 24.9. The lowest BCUT2D eigenvalue weighted by molar-refractivity contribution is -0.124. The van der Waals surface area contributed by atoms with Crippen molar-refractivity contribution >= 4 is 11.9 Å². The van der Waals surface area contributed by atoms with E-state index in [1.54, 1.807) is 12.0 Å². The highest BCUT2D eigenvalue weighted by Gasteiger charge is 2.72. The summed E-state index contributed by atoms with van der Waals surface area (Å²) in [5.74, 6) is 2.04. The van der Waals surface area contributed by atoms with Crippen LogP contribution in [0.4, 0.5) is 4.79 Å². The van der Waals surface area contributed by atoms with Gasteiger partial charge >= 0.3 is 6.09 Å². The molecule has 6 rings (SSSR count). The van der Waals surface area contributed by atoms with Gasteiger partial charge in [-0.3, -0.25) is 4.99 Å². The molecular formula is C26H38N6O5. The van der Waals surface area contributed by atoms with Crippen LogP contribution in [0.2, 0.25) is 0 Å². The third kappa shape index (κ3) is 4.70. The number of likely N-dealkylation sites (tertiary alicyclic amines) is 1. The summed E-state index contributed by atoms with van der Waals surface area (Å²) in [5.41, 5.74) is 0.728. The lowest BCUT2D eigenvalue weighted by atomic mass is 9.68. The number of aliphatic imine (C=N–C) groups is 1. The summed E-state index contributed by atoms with van der Waals surface area (Å²) in [5, 5.41) is 12.6. The summed E-state index contributed by atoms with van der Waals surface area (Å²) in [6.45, 7) is 9.30. The number of tetrazole rings is 1. The van der Waals surface area contributed by atoms with Crippen molar-refractivity contribution in [2.45, 2.75) is 88.8 Å². The number of carbonyl (C=O) groups excluding carboxylic acids is 1. The summed E-state index contributed by atoms with van der Waals surface area (Å²) in [7, 11) is 1.71. The van der Waals surface area contributed by atoms with Crippen molar-refractivity contribution in [2.75, 3.05) is 33.4 Å². The Bertz CT molecular complexity index is 1090. The van der Waals surface area contributed by atoms with Gasteiger partial charge in [0.25, 0.3) is 0 Å². The maximum atomic E-state index is 13.0. The van der Waals surface area contributed by atoms with E-state index in [1.165, 1.54) is 10.4 Å². The summed E-state index contributed by atoms with van der Waals surface area (Å²) >= 11 is 0. The van der Waals surface area contributed by atoms with Crippen LogP contribution in [0.1, 0.15) is 58.7 Å². The predicted molar refractivity (Wildman–Crippen MR) is 133 cm³/mol. The van der Waals surface area contributed by atoms with E-state index in [9.17, 15) is 4.79 Å². The second-order valence-electron chi connectivity index (χ2n) is 11.7. The number of aryl methyl sites for hydroxylation is 1. The fourth-order valence-electron chi connectivity index (χ4n) is 6.34. The molecule has 0 radical (unpaired) electrons. The van der Waals surface area contributed by atoms with Gasteiger partial charge in [-0.15, -0.1) is 15.0 Å². The smallest absolute Gasteiger partial charge is 0.410 e. The maximum absolute atomic E-state index is 13.0. The molecule has 1 unspecified atom stereocenters. The number of ether oxygens (including phenoxy) is 4. The summed E-state index contributed by atoms with van der Waals surface area (Å²) in [6, 6.07) is 0. The van der Waals surface area contributed by atoms with Crippen molar-refractivity contribution in [2.24, 2.45) is 16.8 Å². The number of amides is 1. The van der Waals surface area contributed by atoms with E-state index < -0.39 is 0 Å². The van der Waals surface area contributed by atoms with Crippen molar-refractivity contribution in [3.8, 4) is 0 Å². The largest absolute Gasteiger partial charge is 0.443 e. The molecule has 0 bridgehead atoms. The Morgan fingerprint density at radius 1 is 1.30 bits per heavy atom. The Morgan fingerprint density at radius 2 is 2.08 bits per heavy atom. The minimum absolute atomic E-state index is 0.0306. The van der Waals surface area contributed by atoms with Gasteiger partial charge in [0.2, 0.25) is 0 Å². The molecule has 3 saturated heterocycles. The molecule has 1 amide bonds. The number of carbonyl (C=O) groups is 1. The number of hydrogen-bond donors (Lipinski definition) is 0. The molecular weight excluding hydrogens is 476 g/mol. The number of hydrogen-bond acceptors (Lipinski definition) is 9. The second-order valence-corrected chi connectivity index (χ2v) is 11.7. The molecule has 4 aliphatic heterocycles. The fraction of sp³-hybridized carbons (Fsp3) is 0.808. The third-order valence-corrected chi connectivity index (χ3v) is 8.80. The van der Waals surface area contributed by atoms with Gasteiger partial charge < -0.3 is 23.8 Å². The van der Waals surface area contributed by atoms with Crippen LogP contribution in [0.3, 0.4) is 0 Å². The van der Waals surface area contributed by atoms with E-state index in [-0.39, 0.29) is 41.5 Å². The normalized spacial score (nSPS) is 36.4. The molecule has 1 aromatic heterocycles. The van der Waals surface area contributed by atoms with Crippen LogP contribution in [0.25, 0.3) is 0 Å². The van der Waals surface area contributed by atoms with Gasteiger partial charge in [0, 0.05) is 39.6 Å². The van der Waals surface area contributed by atoms with Crippen molar-refractivity contribution in [3.63, 3.8) is 0 Å². The van der Waals surface area contributed by atoms with Crippen LogP contribution in [0.5, 0.6) is 0 Å². The monoisotopic (exact) mass is 514 g/mol. The van der Waals surface area contributed by atoms with Crippen molar-refractivity contribution in [1.29, 1.82) is 0 Å². The standard InChI is InChI=1S/C26H38N6O5/c1-16(2)5-7-19-25(3,37-19)23-22(34-4)18(9-11-26(23)15-35-26)36-24(33)31-13-17(14-31)6-8-20-28-30-32(29-20)21-10-12-27-21/h5,17-19,22-23H,6-15H2,1-4H3/t18-,19?,22-,23-,25+,26+/m1/s1. The Hall–Kier alpha value is -2.37. The number of nitrogens with zero attached hydrogens (tertiary/aromatic N) is 6. The molecule has 202 valence electrons. The Balaban J connectivity index is 1.01. The van der Waals surface area contributed by atoms with Gasteiger partial charge in [0.05, 0.1) is 18.6 Å². The van der Waals surface area contributed by atoms with Crippen molar-refractivity contribution in [1.82, 2.24) is 25.1 Å². The molecule has 37 heavy (non-hydrogen) atoms. The SMILES string of the molecule is CO[C@@H]1[C@H](OC(=O)N2CC(CCc3nnn(C4=NCC4)n3)C2)CC[C@]2(CO2)[C@H]1[C@@]1(C)OC1CC=C(C)C. The Morgan fingerprint density at radius 3 is 2.73 bits per heavy atom. The van der Waals surface area contributed by atoms with E-state index in [2.05, 4.69) is 47.3 Å². The number of rotatable bonds is 8. The molecule has 5 heterocycles. The summed E-state index contributed by atoms with van der Waals surface area (Å²) in [6.07, 6.45) is 6.55. The quantitative estimate of drug-likeness (QED) is 0.383. The molecule has 1 saturated carbocycles.